The highest BCUT2D eigenvalue weighted by atomic mass is 32.2. The first-order chi connectivity index (χ1) is 15.2. The molecule has 162 valence electrons. The molecule has 14 nitrogen and oxygen atoms in total. The smallest absolute Gasteiger partial charge is 0.258 e. The molecule has 32 heavy (non-hydrogen) atoms. The SMILES string of the molecule is O=[N+]([O-])c1ccc(Sc2ccnc(Sc3ccc([N+](=O)[O-])cc3[N+](=O)[O-])n2)c([N+](=O)[O-])c1. The van der Waals surface area contributed by atoms with Crippen LogP contribution in [-0.4, -0.2) is 29.7 Å². The molecule has 0 N–H and O–H groups in total. The van der Waals surface area contributed by atoms with Crippen LogP contribution in [-0.2, 0) is 0 Å². The highest BCUT2D eigenvalue weighted by Gasteiger charge is 2.23. The summed E-state index contributed by atoms with van der Waals surface area (Å²) >= 11 is 1.63. The number of hydrogen-bond donors (Lipinski definition) is 0. The van der Waals surface area contributed by atoms with E-state index in [1.807, 2.05) is 0 Å². The van der Waals surface area contributed by atoms with Crippen LogP contribution < -0.4 is 0 Å². The van der Waals surface area contributed by atoms with E-state index in [2.05, 4.69) is 9.97 Å². The maximum absolute atomic E-state index is 11.3. The summed E-state index contributed by atoms with van der Waals surface area (Å²) in [6.45, 7) is 0. The highest BCUT2D eigenvalue weighted by molar-refractivity contribution is 8.00. The first-order valence-corrected chi connectivity index (χ1v) is 9.83. The van der Waals surface area contributed by atoms with Crippen LogP contribution in [0, 0.1) is 40.5 Å². The Morgan fingerprint density at radius 1 is 0.656 bits per heavy atom. The van der Waals surface area contributed by atoms with Crippen LogP contribution in [0.5, 0.6) is 0 Å². The van der Waals surface area contributed by atoms with Crippen molar-refractivity contribution in [1.29, 1.82) is 0 Å². The van der Waals surface area contributed by atoms with Gasteiger partial charge >= 0.3 is 0 Å². The van der Waals surface area contributed by atoms with Crippen LogP contribution in [0.3, 0.4) is 0 Å². The molecule has 0 aliphatic heterocycles. The molecule has 0 unspecified atom stereocenters. The Kier molecular flexibility index (Phi) is 6.55. The molecule has 16 heteroatoms. The summed E-state index contributed by atoms with van der Waals surface area (Å²) in [5.41, 5.74) is -1.87. The second-order valence-electron chi connectivity index (χ2n) is 5.71. The van der Waals surface area contributed by atoms with Gasteiger partial charge in [-0.2, -0.15) is 0 Å². The van der Waals surface area contributed by atoms with Crippen LogP contribution in [0.2, 0.25) is 0 Å². The molecule has 0 bridgehead atoms. The Hall–Kier alpha value is -4.18. The summed E-state index contributed by atoms with van der Waals surface area (Å²) in [7, 11) is 0. The third-order valence-corrected chi connectivity index (χ3v) is 5.67. The molecule has 0 atom stereocenters. The molecule has 3 aromatic rings. The van der Waals surface area contributed by atoms with Crippen molar-refractivity contribution in [3.05, 3.63) is 89.1 Å². The van der Waals surface area contributed by atoms with Crippen molar-refractivity contribution in [2.75, 3.05) is 0 Å². The average molecular weight is 476 g/mol. The molecule has 0 aliphatic carbocycles. The molecule has 0 fully saturated rings. The Balaban J connectivity index is 1.91. The largest absolute Gasteiger partial charge is 0.290 e. The molecule has 0 radical (unpaired) electrons. The third kappa shape index (κ3) is 5.10. The van der Waals surface area contributed by atoms with E-state index in [1.54, 1.807) is 0 Å². The minimum Gasteiger partial charge on any atom is -0.258 e. The van der Waals surface area contributed by atoms with Gasteiger partial charge < -0.3 is 0 Å². The molecule has 3 rings (SSSR count). The van der Waals surface area contributed by atoms with E-state index in [9.17, 15) is 40.5 Å². The van der Waals surface area contributed by atoms with Crippen LogP contribution in [0.1, 0.15) is 0 Å². The number of non-ortho nitro benzene ring substituents is 2. The molecular weight excluding hydrogens is 468 g/mol. The average Bonchev–Trinajstić information content (AvgIpc) is 2.74. The zero-order valence-electron chi connectivity index (χ0n) is 15.4. The molecule has 0 aliphatic rings. The van der Waals surface area contributed by atoms with Gasteiger partial charge in [0.2, 0.25) is 0 Å². The van der Waals surface area contributed by atoms with Gasteiger partial charge in [-0.25, -0.2) is 9.97 Å². The summed E-state index contributed by atoms with van der Waals surface area (Å²) < 4.78 is 0. The lowest BCUT2D eigenvalue weighted by molar-refractivity contribution is -0.396. The van der Waals surface area contributed by atoms with Crippen molar-refractivity contribution >= 4 is 46.3 Å². The highest BCUT2D eigenvalue weighted by Crippen LogP contribution is 2.38. The summed E-state index contributed by atoms with van der Waals surface area (Å²) in [4.78, 5) is 49.6. The van der Waals surface area contributed by atoms with E-state index in [1.165, 1.54) is 24.4 Å². The van der Waals surface area contributed by atoms with E-state index in [0.717, 1.165) is 47.8 Å². The van der Waals surface area contributed by atoms with Crippen LogP contribution >= 0.6 is 23.5 Å². The monoisotopic (exact) mass is 476 g/mol. The quantitative estimate of drug-likeness (QED) is 0.192. The summed E-state index contributed by atoms with van der Waals surface area (Å²) in [5.74, 6) is 0. The standard InChI is InChI=1S/C16H8N6O8S2/c23-19(24)9-1-3-13(11(7-9)21(27)28)31-15-5-6-17-16(18-15)32-14-4-2-10(20(25)26)8-12(14)22(29)30/h1-8H. The van der Waals surface area contributed by atoms with Crippen LogP contribution in [0.25, 0.3) is 0 Å². The normalized spacial score (nSPS) is 10.5. The lowest BCUT2D eigenvalue weighted by Crippen LogP contribution is -1.96. The van der Waals surface area contributed by atoms with Crippen molar-refractivity contribution in [2.45, 2.75) is 20.0 Å². The van der Waals surface area contributed by atoms with Gasteiger partial charge in [-0.05, 0) is 30.0 Å². The second kappa shape index (κ2) is 9.31. The number of nitro groups is 4. The molecule has 0 spiro atoms. The lowest BCUT2D eigenvalue weighted by atomic mass is 10.3. The van der Waals surface area contributed by atoms with Gasteiger partial charge in [0.15, 0.2) is 5.16 Å². The van der Waals surface area contributed by atoms with Gasteiger partial charge in [0, 0.05) is 18.3 Å². The van der Waals surface area contributed by atoms with Gasteiger partial charge in [-0.3, -0.25) is 40.5 Å². The van der Waals surface area contributed by atoms with Crippen molar-refractivity contribution in [1.82, 2.24) is 9.97 Å². The second-order valence-corrected chi connectivity index (χ2v) is 7.79. The summed E-state index contributed by atoms with van der Waals surface area (Å²) in [6, 6.07) is 7.73. The van der Waals surface area contributed by atoms with E-state index >= 15 is 0 Å². The number of nitrogens with zero attached hydrogens (tertiary/aromatic N) is 6. The van der Waals surface area contributed by atoms with Crippen molar-refractivity contribution < 1.29 is 19.7 Å². The van der Waals surface area contributed by atoms with Gasteiger partial charge in [-0.15, -0.1) is 0 Å². The fourth-order valence-corrected chi connectivity index (χ4v) is 4.09. The van der Waals surface area contributed by atoms with Crippen molar-refractivity contribution in [3.63, 3.8) is 0 Å². The van der Waals surface area contributed by atoms with E-state index < -0.39 is 42.4 Å². The Morgan fingerprint density at radius 3 is 1.62 bits per heavy atom. The lowest BCUT2D eigenvalue weighted by Gasteiger charge is -2.05. The third-order valence-electron chi connectivity index (χ3n) is 3.72. The van der Waals surface area contributed by atoms with Crippen molar-refractivity contribution in [3.8, 4) is 0 Å². The van der Waals surface area contributed by atoms with Gasteiger partial charge in [0.25, 0.3) is 22.7 Å². The molecular formula is C16H8N6O8S2. The number of benzene rings is 2. The molecule has 1 heterocycles. The predicted molar refractivity (Wildman–Crippen MR) is 110 cm³/mol. The first kappa shape index (κ1) is 22.5. The zero-order valence-corrected chi connectivity index (χ0v) is 17.0. The molecule has 0 saturated carbocycles. The van der Waals surface area contributed by atoms with E-state index in [0.29, 0.717) is 0 Å². The number of rotatable bonds is 8. The maximum atomic E-state index is 11.3. The van der Waals surface area contributed by atoms with Crippen LogP contribution in [0.15, 0.2) is 68.6 Å². The topological polar surface area (TPSA) is 198 Å². The molecule has 2 aromatic carbocycles. The van der Waals surface area contributed by atoms with E-state index in [4.69, 9.17) is 0 Å². The van der Waals surface area contributed by atoms with E-state index in [-0.39, 0.29) is 20.0 Å². The number of hydrogen-bond acceptors (Lipinski definition) is 12. The number of aromatic nitrogens is 2. The molecule has 1 aromatic heterocycles. The summed E-state index contributed by atoms with van der Waals surface area (Å²) in [5, 5.41) is 44.6. The first-order valence-electron chi connectivity index (χ1n) is 8.20. The molecule has 0 saturated heterocycles. The minimum atomic E-state index is -0.770. The Bertz CT molecular complexity index is 1180. The fraction of sp³-hybridized carbons (Fsp3) is 0. The minimum absolute atomic E-state index is 0.0523. The van der Waals surface area contributed by atoms with Crippen LogP contribution in [0.4, 0.5) is 22.7 Å². The maximum Gasteiger partial charge on any atom is 0.290 e. The molecule has 0 amide bonds. The fourth-order valence-electron chi connectivity index (χ4n) is 2.34. The Morgan fingerprint density at radius 2 is 1.16 bits per heavy atom. The Labute approximate surface area is 185 Å². The van der Waals surface area contributed by atoms with Gasteiger partial charge in [-0.1, -0.05) is 11.8 Å². The van der Waals surface area contributed by atoms with Gasteiger partial charge in [0.1, 0.15) is 5.03 Å². The summed E-state index contributed by atoms with van der Waals surface area (Å²) in [6.07, 6.45) is 1.33. The zero-order chi connectivity index (χ0) is 23.4. The number of nitro benzene ring substituents is 4. The van der Waals surface area contributed by atoms with Crippen molar-refractivity contribution in [2.24, 2.45) is 0 Å². The predicted octanol–water partition coefficient (Wildman–Crippen LogP) is 4.41. The van der Waals surface area contributed by atoms with Gasteiger partial charge in [0.05, 0.1) is 41.6 Å².